The number of hydrogen-bond acceptors (Lipinski definition) is 3. The third-order valence-corrected chi connectivity index (χ3v) is 2.44. The summed E-state index contributed by atoms with van der Waals surface area (Å²) in [5, 5.41) is 18.9. The summed E-state index contributed by atoms with van der Waals surface area (Å²) in [5.41, 5.74) is 6.74. The zero-order valence-corrected chi connectivity index (χ0v) is 9.10. The Morgan fingerprint density at radius 3 is 2.75 bits per heavy atom. The van der Waals surface area contributed by atoms with Gasteiger partial charge in [-0.1, -0.05) is 12.1 Å². The largest absolute Gasteiger partial charge is 0.507 e. The lowest BCUT2D eigenvalue weighted by molar-refractivity contribution is 0.0694. The van der Waals surface area contributed by atoms with Crippen LogP contribution in [-0.2, 0) is 0 Å². The van der Waals surface area contributed by atoms with Crippen LogP contribution < -0.4 is 5.73 Å². The van der Waals surface area contributed by atoms with Crippen molar-refractivity contribution in [2.24, 2.45) is 5.73 Å². The Bertz CT molecular complexity index is 427. The second-order valence-corrected chi connectivity index (χ2v) is 3.63. The molecule has 0 aromatic heterocycles. The van der Waals surface area contributed by atoms with E-state index in [4.69, 9.17) is 10.8 Å². The van der Waals surface area contributed by atoms with Gasteiger partial charge < -0.3 is 15.9 Å². The normalized spacial score (nSPS) is 12.1. The van der Waals surface area contributed by atoms with Gasteiger partial charge in [0.15, 0.2) is 0 Å². The van der Waals surface area contributed by atoms with E-state index < -0.39 is 12.0 Å². The minimum atomic E-state index is -1.09. The van der Waals surface area contributed by atoms with E-state index in [0.29, 0.717) is 12.0 Å². The van der Waals surface area contributed by atoms with Crippen LogP contribution in [0, 0.1) is 6.92 Å². The minimum Gasteiger partial charge on any atom is -0.507 e. The van der Waals surface area contributed by atoms with Crippen LogP contribution in [0.5, 0.6) is 5.75 Å². The number of carboxylic acids is 1. The highest BCUT2D eigenvalue weighted by Gasteiger charge is 2.20. The van der Waals surface area contributed by atoms with E-state index in [1.165, 1.54) is 6.07 Å². The molecule has 0 aliphatic rings. The third kappa shape index (κ3) is 2.23. The molecule has 0 amide bonds. The van der Waals surface area contributed by atoms with E-state index in [9.17, 15) is 9.90 Å². The van der Waals surface area contributed by atoms with Gasteiger partial charge in [-0.05, 0) is 25.0 Å². The van der Waals surface area contributed by atoms with Gasteiger partial charge >= 0.3 is 5.97 Å². The molecule has 1 aromatic carbocycles. The summed E-state index contributed by atoms with van der Waals surface area (Å²) in [6.07, 6.45) is 2.01. The van der Waals surface area contributed by atoms with Crippen LogP contribution in [0.3, 0.4) is 0 Å². The molecule has 0 saturated heterocycles. The first kappa shape index (κ1) is 12.3. The average Bonchev–Trinajstić information content (AvgIpc) is 2.21. The maximum atomic E-state index is 11.0. The predicted octanol–water partition coefficient (Wildman–Crippen LogP) is 1.97. The standard InChI is InChI=1S/C12H15NO3/c1-3-4-9(13)10-8(12(15)16)6-5-7(2)11(10)14/h3,5-6,9,14H,1,4,13H2,2H3,(H,15,16)/t9-/m0/s1. The third-order valence-electron chi connectivity index (χ3n) is 2.44. The Balaban J connectivity index is 3.36. The highest BCUT2D eigenvalue weighted by molar-refractivity contribution is 5.90. The van der Waals surface area contributed by atoms with Gasteiger partial charge in [-0.25, -0.2) is 4.79 Å². The van der Waals surface area contributed by atoms with E-state index in [0.717, 1.165) is 0 Å². The highest BCUT2D eigenvalue weighted by atomic mass is 16.4. The van der Waals surface area contributed by atoms with E-state index in [-0.39, 0.29) is 16.9 Å². The first-order valence-corrected chi connectivity index (χ1v) is 4.91. The number of aromatic hydroxyl groups is 1. The smallest absolute Gasteiger partial charge is 0.336 e. The van der Waals surface area contributed by atoms with Crippen LogP contribution >= 0.6 is 0 Å². The number of nitrogens with two attached hydrogens (primary N) is 1. The molecule has 0 heterocycles. The minimum absolute atomic E-state index is 0.0393. The summed E-state index contributed by atoms with van der Waals surface area (Å²) in [7, 11) is 0. The first-order valence-electron chi connectivity index (χ1n) is 4.91. The molecule has 0 radical (unpaired) electrons. The lowest BCUT2D eigenvalue weighted by atomic mass is 9.95. The molecule has 4 heteroatoms. The number of benzene rings is 1. The van der Waals surface area contributed by atoms with Gasteiger partial charge in [0.2, 0.25) is 0 Å². The van der Waals surface area contributed by atoms with Crippen molar-refractivity contribution in [1.29, 1.82) is 0 Å². The fraction of sp³-hybridized carbons (Fsp3) is 0.250. The Morgan fingerprint density at radius 1 is 1.62 bits per heavy atom. The Kier molecular flexibility index (Phi) is 3.68. The second-order valence-electron chi connectivity index (χ2n) is 3.63. The van der Waals surface area contributed by atoms with Crippen LogP contribution in [0.2, 0.25) is 0 Å². The van der Waals surface area contributed by atoms with E-state index >= 15 is 0 Å². The van der Waals surface area contributed by atoms with Crippen molar-refractivity contribution in [1.82, 2.24) is 0 Å². The molecule has 0 fully saturated rings. The highest BCUT2D eigenvalue weighted by Crippen LogP contribution is 2.31. The molecule has 0 aliphatic heterocycles. The zero-order chi connectivity index (χ0) is 12.3. The number of phenolic OH excluding ortho intramolecular Hbond substituents is 1. The van der Waals surface area contributed by atoms with Crippen LogP contribution in [0.1, 0.15) is 33.9 Å². The molecule has 0 unspecified atom stereocenters. The molecule has 4 N–H and O–H groups in total. The van der Waals surface area contributed by atoms with E-state index in [1.807, 2.05) is 0 Å². The van der Waals surface area contributed by atoms with E-state index in [2.05, 4.69) is 6.58 Å². The Morgan fingerprint density at radius 2 is 2.25 bits per heavy atom. The number of aromatic carboxylic acids is 1. The van der Waals surface area contributed by atoms with Gasteiger partial charge in [-0.2, -0.15) is 0 Å². The number of aryl methyl sites for hydroxylation is 1. The fourth-order valence-electron chi connectivity index (χ4n) is 1.58. The quantitative estimate of drug-likeness (QED) is 0.679. The summed E-state index contributed by atoms with van der Waals surface area (Å²) in [5.74, 6) is -1.14. The molecular weight excluding hydrogens is 206 g/mol. The van der Waals surface area contributed by atoms with Crippen LogP contribution in [0.25, 0.3) is 0 Å². The van der Waals surface area contributed by atoms with Crippen molar-refractivity contribution in [3.8, 4) is 5.75 Å². The molecule has 1 atom stereocenters. The van der Waals surface area contributed by atoms with Gasteiger partial charge in [0.05, 0.1) is 5.56 Å². The van der Waals surface area contributed by atoms with Crippen molar-refractivity contribution < 1.29 is 15.0 Å². The summed E-state index contributed by atoms with van der Waals surface area (Å²) >= 11 is 0. The molecule has 0 saturated carbocycles. The molecule has 0 bridgehead atoms. The summed E-state index contributed by atoms with van der Waals surface area (Å²) < 4.78 is 0. The van der Waals surface area contributed by atoms with Gasteiger partial charge in [-0.15, -0.1) is 6.58 Å². The summed E-state index contributed by atoms with van der Waals surface area (Å²) in [4.78, 5) is 11.0. The van der Waals surface area contributed by atoms with Crippen molar-refractivity contribution in [3.05, 3.63) is 41.5 Å². The maximum absolute atomic E-state index is 11.0. The van der Waals surface area contributed by atoms with Crippen LogP contribution in [-0.4, -0.2) is 16.2 Å². The molecule has 16 heavy (non-hydrogen) atoms. The number of carbonyl (C=O) groups is 1. The van der Waals surface area contributed by atoms with Gasteiger partial charge in [0, 0.05) is 11.6 Å². The van der Waals surface area contributed by atoms with Crippen LogP contribution in [0.4, 0.5) is 0 Å². The average molecular weight is 221 g/mol. The molecule has 0 spiro atoms. The SMILES string of the molecule is C=CC[C@H](N)c1c(C(=O)O)ccc(C)c1O. The second kappa shape index (κ2) is 4.81. The molecule has 4 nitrogen and oxygen atoms in total. The Labute approximate surface area is 94.0 Å². The molecule has 0 aliphatic carbocycles. The molecular formula is C12H15NO3. The lowest BCUT2D eigenvalue weighted by Gasteiger charge is -2.16. The van der Waals surface area contributed by atoms with Crippen molar-refractivity contribution in [2.75, 3.05) is 0 Å². The topological polar surface area (TPSA) is 83.6 Å². The number of hydrogen-bond donors (Lipinski definition) is 3. The van der Waals surface area contributed by atoms with Gasteiger partial charge in [-0.3, -0.25) is 0 Å². The zero-order valence-electron chi connectivity index (χ0n) is 9.10. The summed E-state index contributed by atoms with van der Waals surface area (Å²) in [6, 6.07) is 2.46. The van der Waals surface area contributed by atoms with Crippen molar-refractivity contribution >= 4 is 5.97 Å². The van der Waals surface area contributed by atoms with Crippen LogP contribution in [0.15, 0.2) is 24.8 Å². The number of carboxylic acid groups (broad SMARTS) is 1. The molecule has 1 aromatic rings. The fourth-order valence-corrected chi connectivity index (χ4v) is 1.58. The number of rotatable bonds is 4. The van der Waals surface area contributed by atoms with Crippen molar-refractivity contribution in [3.63, 3.8) is 0 Å². The monoisotopic (exact) mass is 221 g/mol. The summed E-state index contributed by atoms with van der Waals surface area (Å²) in [6.45, 7) is 5.24. The van der Waals surface area contributed by atoms with Gasteiger partial charge in [0.25, 0.3) is 0 Å². The van der Waals surface area contributed by atoms with E-state index in [1.54, 1.807) is 19.1 Å². The molecule has 1 rings (SSSR count). The maximum Gasteiger partial charge on any atom is 0.336 e. The number of phenols is 1. The molecule has 86 valence electrons. The lowest BCUT2D eigenvalue weighted by Crippen LogP contribution is -2.15. The first-order chi connectivity index (χ1) is 7.49. The Hall–Kier alpha value is -1.81. The van der Waals surface area contributed by atoms with Crippen molar-refractivity contribution in [2.45, 2.75) is 19.4 Å². The predicted molar refractivity (Wildman–Crippen MR) is 61.5 cm³/mol. The van der Waals surface area contributed by atoms with Gasteiger partial charge in [0.1, 0.15) is 5.75 Å².